The molecule has 0 radical (unpaired) electrons. The topological polar surface area (TPSA) is 117 Å². The molecule has 3 aromatic rings. The molecule has 170 valence electrons. The summed E-state index contributed by atoms with van der Waals surface area (Å²) in [6.45, 7) is 0.515. The Bertz CT molecular complexity index is 1240. The van der Waals surface area contributed by atoms with Crippen LogP contribution < -0.4 is 10.9 Å². The number of amides is 2. The number of carbonyl (C=O) groups is 2. The van der Waals surface area contributed by atoms with Crippen LogP contribution in [0.25, 0.3) is 0 Å². The normalized spacial score (nSPS) is 15.5. The first-order valence-electron chi connectivity index (χ1n) is 10.4. The lowest BCUT2D eigenvalue weighted by molar-refractivity contribution is 0.0726. The average molecular weight is 451 g/mol. The van der Waals surface area contributed by atoms with Crippen molar-refractivity contribution in [3.63, 3.8) is 0 Å². The van der Waals surface area contributed by atoms with Crippen molar-refractivity contribution in [3.05, 3.63) is 87.6 Å². The van der Waals surface area contributed by atoms with E-state index in [4.69, 9.17) is 0 Å². The smallest absolute Gasteiger partial charge is 0.296 e. The summed E-state index contributed by atoms with van der Waals surface area (Å²) >= 11 is 0. The second-order valence-electron chi connectivity index (χ2n) is 7.74. The van der Waals surface area contributed by atoms with Crippen molar-refractivity contribution in [1.82, 2.24) is 24.8 Å². The molecule has 0 aliphatic carbocycles. The van der Waals surface area contributed by atoms with Crippen LogP contribution in [0.4, 0.5) is 4.39 Å². The van der Waals surface area contributed by atoms with Gasteiger partial charge in [0.05, 0.1) is 11.6 Å². The summed E-state index contributed by atoms with van der Waals surface area (Å²) in [5, 5.41) is 12.9. The molecule has 2 N–H and O–H groups in total. The lowest BCUT2D eigenvalue weighted by atomic mass is 10.1. The lowest BCUT2D eigenvalue weighted by Gasteiger charge is -2.26. The predicted molar refractivity (Wildman–Crippen MR) is 116 cm³/mol. The maximum Gasteiger partial charge on any atom is 0.296 e. The molecule has 1 fully saturated rings. The van der Waals surface area contributed by atoms with Crippen LogP contribution in [0.1, 0.15) is 51.1 Å². The molecular weight excluding hydrogens is 429 g/mol. The van der Waals surface area contributed by atoms with E-state index in [-0.39, 0.29) is 18.3 Å². The van der Waals surface area contributed by atoms with Crippen molar-refractivity contribution < 1.29 is 19.1 Å². The quantitative estimate of drug-likeness (QED) is 0.612. The summed E-state index contributed by atoms with van der Waals surface area (Å²) in [4.78, 5) is 48.3. The van der Waals surface area contributed by atoms with Gasteiger partial charge in [0.2, 0.25) is 5.75 Å². The molecule has 1 aromatic carbocycles. The van der Waals surface area contributed by atoms with E-state index in [0.29, 0.717) is 30.5 Å². The van der Waals surface area contributed by atoms with E-state index in [2.05, 4.69) is 15.3 Å². The van der Waals surface area contributed by atoms with Crippen LogP contribution in [-0.4, -0.2) is 42.9 Å². The van der Waals surface area contributed by atoms with E-state index in [1.165, 1.54) is 37.5 Å². The van der Waals surface area contributed by atoms with Gasteiger partial charge < -0.3 is 15.3 Å². The Labute approximate surface area is 188 Å². The average Bonchev–Trinajstić information content (AvgIpc) is 3.32. The van der Waals surface area contributed by atoms with Crippen LogP contribution in [0.5, 0.6) is 5.75 Å². The number of halogens is 1. The number of pyridine rings is 1. The fraction of sp³-hybridized carbons (Fsp3) is 0.261. The van der Waals surface area contributed by atoms with Crippen molar-refractivity contribution in [1.29, 1.82) is 0 Å². The Kier molecular flexibility index (Phi) is 6.16. The number of aromatic nitrogens is 3. The molecule has 2 amide bonds. The predicted octanol–water partition coefficient (Wildman–Crippen LogP) is 1.93. The highest BCUT2D eigenvalue weighted by molar-refractivity contribution is 5.95. The zero-order chi connectivity index (χ0) is 23.5. The SMILES string of the molecule is Cn1c(C2CCCN2C(=O)c2cccnc2)nc(C(=O)NCc2ccc(F)cc2)c(O)c1=O. The fourth-order valence-electron chi connectivity index (χ4n) is 3.86. The summed E-state index contributed by atoms with van der Waals surface area (Å²) in [5.74, 6) is -1.97. The molecule has 1 aliphatic rings. The monoisotopic (exact) mass is 451 g/mol. The largest absolute Gasteiger partial charge is 0.501 e. The van der Waals surface area contributed by atoms with Gasteiger partial charge in [-0.15, -0.1) is 0 Å². The summed E-state index contributed by atoms with van der Waals surface area (Å²) in [6, 6.07) is 8.33. The number of hydrogen-bond acceptors (Lipinski definition) is 6. The fourth-order valence-corrected chi connectivity index (χ4v) is 3.86. The first-order chi connectivity index (χ1) is 15.9. The maximum absolute atomic E-state index is 13.1. The Hall–Kier alpha value is -4.08. The van der Waals surface area contributed by atoms with Crippen LogP contribution in [0, 0.1) is 5.82 Å². The first kappa shape index (κ1) is 22.1. The van der Waals surface area contributed by atoms with E-state index < -0.39 is 34.8 Å². The number of nitrogens with one attached hydrogen (secondary N) is 1. The van der Waals surface area contributed by atoms with Gasteiger partial charge >= 0.3 is 0 Å². The summed E-state index contributed by atoms with van der Waals surface area (Å²) in [7, 11) is 1.44. The number of aromatic hydroxyl groups is 1. The lowest BCUT2D eigenvalue weighted by Crippen LogP contribution is -2.36. The van der Waals surface area contributed by atoms with Gasteiger partial charge in [-0.25, -0.2) is 9.37 Å². The third-order valence-corrected chi connectivity index (χ3v) is 5.60. The molecule has 1 saturated heterocycles. The Morgan fingerprint density at radius 2 is 2.00 bits per heavy atom. The van der Waals surface area contributed by atoms with E-state index in [1.807, 2.05) is 0 Å². The van der Waals surface area contributed by atoms with Gasteiger partial charge in [0.15, 0.2) is 5.69 Å². The second kappa shape index (κ2) is 9.19. The third kappa shape index (κ3) is 4.45. The van der Waals surface area contributed by atoms with E-state index in [0.717, 1.165) is 4.57 Å². The number of hydrogen-bond donors (Lipinski definition) is 2. The van der Waals surface area contributed by atoms with Gasteiger partial charge in [0.25, 0.3) is 17.4 Å². The van der Waals surface area contributed by atoms with Crippen molar-refractivity contribution in [2.45, 2.75) is 25.4 Å². The Balaban J connectivity index is 1.62. The third-order valence-electron chi connectivity index (χ3n) is 5.60. The van der Waals surface area contributed by atoms with Gasteiger partial charge in [-0.3, -0.25) is 23.9 Å². The van der Waals surface area contributed by atoms with E-state index in [1.54, 1.807) is 23.2 Å². The molecule has 9 nitrogen and oxygen atoms in total. The van der Waals surface area contributed by atoms with Crippen LogP contribution in [0.2, 0.25) is 0 Å². The molecule has 10 heteroatoms. The molecule has 0 bridgehead atoms. The zero-order valence-corrected chi connectivity index (χ0v) is 17.9. The second-order valence-corrected chi connectivity index (χ2v) is 7.74. The molecule has 0 spiro atoms. The van der Waals surface area contributed by atoms with Crippen molar-refractivity contribution in [2.24, 2.45) is 7.05 Å². The molecule has 1 aliphatic heterocycles. The van der Waals surface area contributed by atoms with Crippen LogP contribution in [-0.2, 0) is 13.6 Å². The maximum atomic E-state index is 13.1. The van der Waals surface area contributed by atoms with Gasteiger partial charge in [0, 0.05) is 32.5 Å². The summed E-state index contributed by atoms with van der Waals surface area (Å²) < 4.78 is 14.2. The molecule has 1 atom stereocenters. The highest BCUT2D eigenvalue weighted by atomic mass is 19.1. The van der Waals surface area contributed by atoms with Crippen molar-refractivity contribution in [3.8, 4) is 5.75 Å². The highest BCUT2D eigenvalue weighted by Gasteiger charge is 2.35. The minimum atomic E-state index is -0.785. The Morgan fingerprint density at radius 3 is 2.70 bits per heavy atom. The number of benzene rings is 1. The molecular formula is C23H22FN5O4. The molecule has 33 heavy (non-hydrogen) atoms. The van der Waals surface area contributed by atoms with Crippen molar-refractivity contribution >= 4 is 11.8 Å². The number of likely N-dealkylation sites (tertiary alicyclic amines) is 1. The van der Waals surface area contributed by atoms with Crippen LogP contribution in [0.3, 0.4) is 0 Å². The Morgan fingerprint density at radius 1 is 1.24 bits per heavy atom. The van der Waals surface area contributed by atoms with Crippen molar-refractivity contribution in [2.75, 3.05) is 6.54 Å². The molecule has 4 rings (SSSR count). The van der Waals surface area contributed by atoms with Gasteiger partial charge in [-0.1, -0.05) is 12.1 Å². The summed E-state index contributed by atoms with van der Waals surface area (Å²) in [6.07, 6.45) is 4.28. The molecule has 2 aromatic heterocycles. The number of nitrogens with zero attached hydrogens (tertiary/aromatic N) is 4. The first-order valence-corrected chi connectivity index (χ1v) is 10.4. The van der Waals surface area contributed by atoms with Gasteiger partial charge in [0.1, 0.15) is 11.6 Å². The molecule has 3 heterocycles. The van der Waals surface area contributed by atoms with Gasteiger partial charge in [-0.05, 0) is 42.7 Å². The molecule has 0 saturated carbocycles. The van der Waals surface area contributed by atoms with Crippen LogP contribution >= 0.6 is 0 Å². The van der Waals surface area contributed by atoms with Crippen LogP contribution in [0.15, 0.2) is 53.6 Å². The summed E-state index contributed by atoms with van der Waals surface area (Å²) in [5.41, 5.74) is -0.161. The van der Waals surface area contributed by atoms with E-state index in [9.17, 15) is 23.9 Å². The zero-order valence-electron chi connectivity index (χ0n) is 17.9. The standard InChI is InChI=1S/C23H22FN5O4/c1-28-20(17-5-3-11-29(17)22(32)15-4-2-10-25-13-15)27-18(19(30)23(28)33)21(31)26-12-14-6-8-16(24)9-7-14/h2,4,6-10,13,17,30H,3,5,11-12H2,1H3,(H,26,31). The number of carbonyl (C=O) groups excluding carboxylic acids is 2. The van der Waals surface area contributed by atoms with E-state index >= 15 is 0 Å². The molecule has 1 unspecified atom stereocenters. The van der Waals surface area contributed by atoms with Gasteiger partial charge in [-0.2, -0.15) is 0 Å². The number of rotatable bonds is 5. The minimum absolute atomic E-state index is 0.0554. The minimum Gasteiger partial charge on any atom is -0.501 e. The highest BCUT2D eigenvalue weighted by Crippen LogP contribution is 2.32.